The van der Waals surface area contributed by atoms with E-state index in [1.54, 1.807) is 29.7 Å². The number of aromatic hydroxyl groups is 1. The molecule has 3 nitrogen and oxygen atoms in total. The molecule has 0 bridgehead atoms. The Hall–Kier alpha value is -1.46. The number of hydrogen-bond acceptors (Lipinski definition) is 4. The van der Waals surface area contributed by atoms with E-state index in [4.69, 9.17) is 0 Å². The summed E-state index contributed by atoms with van der Waals surface area (Å²) in [7, 11) is 0. The SMILES string of the molecule is CC(CNCc1cccc(F)c1O)c1nccs1. The lowest BCUT2D eigenvalue weighted by Crippen LogP contribution is -2.19. The van der Waals surface area contributed by atoms with Gasteiger partial charge in [0.1, 0.15) is 0 Å². The molecular formula is C13H15FN2OS. The van der Waals surface area contributed by atoms with E-state index in [0.29, 0.717) is 18.0 Å². The molecule has 2 N–H and O–H groups in total. The van der Waals surface area contributed by atoms with Crippen LogP contribution in [0, 0.1) is 5.82 Å². The van der Waals surface area contributed by atoms with E-state index < -0.39 is 5.82 Å². The number of phenolic OH excluding ortho intramolecular Hbond substituents is 1. The molecule has 0 aliphatic heterocycles. The van der Waals surface area contributed by atoms with Crippen molar-refractivity contribution in [1.29, 1.82) is 0 Å². The number of nitrogens with zero attached hydrogens (tertiary/aromatic N) is 1. The van der Waals surface area contributed by atoms with Gasteiger partial charge in [-0.3, -0.25) is 0 Å². The summed E-state index contributed by atoms with van der Waals surface area (Å²) >= 11 is 1.62. The highest BCUT2D eigenvalue weighted by atomic mass is 32.1. The minimum atomic E-state index is -0.581. The number of hydrogen-bond donors (Lipinski definition) is 2. The zero-order chi connectivity index (χ0) is 13.0. The molecule has 0 saturated carbocycles. The van der Waals surface area contributed by atoms with E-state index in [1.807, 2.05) is 5.38 Å². The van der Waals surface area contributed by atoms with Gasteiger partial charge < -0.3 is 10.4 Å². The summed E-state index contributed by atoms with van der Waals surface area (Å²) in [6, 6.07) is 4.55. The molecule has 1 aromatic heterocycles. The lowest BCUT2D eigenvalue weighted by Gasteiger charge is -2.11. The average molecular weight is 266 g/mol. The molecule has 0 aliphatic rings. The third-order valence-electron chi connectivity index (χ3n) is 2.71. The lowest BCUT2D eigenvalue weighted by molar-refractivity contribution is 0.422. The van der Waals surface area contributed by atoms with E-state index in [2.05, 4.69) is 17.2 Å². The average Bonchev–Trinajstić information content (AvgIpc) is 2.88. The van der Waals surface area contributed by atoms with Gasteiger partial charge >= 0.3 is 0 Å². The number of phenols is 1. The van der Waals surface area contributed by atoms with Crippen LogP contribution in [0.2, 0.25) is 0 Å². The molecule has 0 fully saturated rings. The van der Waals surface area contributed by atoms with Crippen molar-refractivity contribution < 1.29 is 9.50 Å². The highest BCUT2D eigenvalue weighted by molar-refractivity contribution is 7.09. The van der Waals surface area contributed by atoms with E-state index in [-0.39, 0.29) is 5.75 Å². The third-order valence-corrected chi connectivity index (χ3v) is 3.72. The molecule has 0 aliphatic carbocycles. The second kappa shape index (κ2) is 5.93. The van der Waals surface area contributed by atoms with Gasteiger partial charge in [0.25, 0.3) is 0 Å². The molecule has 0 spiro atoms. The molecule has 0 saturated heterocycles. The number of rotatable bonds is 5. The largest absolute Gasteiger partial charge is 0.505 e. The number of thiazole rings is 1. The summed E-state index contributed by atoms with van der Waals surface area (Å²) in [6.45, 7) is 3.26. The van der Waals surface area contributed by atoms with Gasteiger partial charge in [-0.1, -0.05) is 19.1 Å². The van der Waals surface area contributed by atoms with Crippen LogP contribution >= 0.6 is 11.3 Å². The van der Waals surface area contributed by atoms with E-state index in [9.17, 15) is 9.50 Å². The Kier molecular flexibility index (Phi) is 4.28. The zero-order valence-corrected chi connectivity index (χ0v) is 10.9. The molecule has 2 rings (SSSR count). The van der Waals surface area contributed by atoms with Crippen molar-refractivity contribution in [3.8, 4) is 5.75 Å². The van der Waals surface area contributed by atoms with Crippen LogP contribution < -0.4 is 5.32 Å². The van der Waals surface area contributed by atoms with Gasteiger partial charge in [0, 0.05) is 36.1 Å². The number of nitrogens with one attached hydrogen (secondary N) is 1. The predicted octanol–water partition coefficient (Wildman–Crippen LogP) is 2.88. The first kappa shape index (κ1) is 13.0. The molecule has 1 atom stereocenters. The Bertz CT molecular complexity index is 502. The molecule has 0 radical (unpaired) electrons. The first-order chi connectivity index (χ1) is 8.68. The first-order valence-electron chi connectivity index (χ1n) is 5.75. The Morgan fingerprint density at radius 1 is 1.50 bits per heavy atom. The second-order valence-electron chi connectivity index (χ2n) is 4.15. The summed E-state index contributed by atoms with van der Waals surface area (Å²) in [5, 5.41) is 15.7. The van der Waals surface area contributed by atoms with Gasteiger partial charge in [0.2, 0.25) is 0 Å². The Morgan fingerprint density at radius 3 is 3.06 bits per heavy atom. The van der Waals surface area contributed by atoms with Crippen molar-refractivity contribution in [2.24, 2.45) is 0 Å². The first-order valence-corrected chi connectivity index (χ1v) is 6.63. The van der Waals surface area contributed by atoms with Crippen LogP contribution in [0.1, 0.15) is 23.4 Å². The summed E-state index contributed by atoms with van der Waals surface area (Å²) in [5.74, 6) is -0.546. The van der Waals surface area contributed by atoms with Crippen LogP contribution in [0.25, 0.3) is 0 Å². The molecule has 2 aromatic rings. The van der Waals surface area contributed by atoms with Gasteiger partial charge in [-0.2, -0.15) is 0 Å². The minimum absolute atomic E-state index is 0.271. The molecular weight excluding hydrogens is 251 g/mol. The van der Waals surface area contributed by atoms with Crippen molar-refractivity contribution in [3.63, 3.8) is 0 Å². The minimum Gasteiger partial charge on any atom is -0.505 e. The van der Waals surface area contributed by atoms with Crippen molar-refractivity contribution in [1.82, 2.24) is 10.3 Å². The van der Waals surface area contributed by atoms with Gasteiger partial charge in [0.05, 0.1) is 5.01 Å². The van der Waals surface area contributed by atoms with Crippen LogP contribution in [0.3, 0.4) is 0 Å². The fourth-order valence-corrected chi connectivity index (χ4v) is 2.39. The van der Waals surface area contributed by atoms with Crippen LogP contribution in [0.4, 0.5) is 4.39 Å². The van der Waals surface area contributed by atoms with Gasteiger partial charge in [-0.25, -0.2) is 9.37 Å². The fraction of sp³-hybridized carbons (Fsp3) is 0.308. The molecule has 1 unspecified atom stereocenters. The van der Waals surface area contributed by atoms with Crippen molar-refractivity contribution >= 4 is 11.3 Å². The van der Waals surface area contributed by atoms with Crippen molar-refractivity contribution in [3.05, 3.63) is 46.2 Å². The highest BCUT2D eigenvalue weighted by Crippen LogP contribution is 2.21. The number of halogens is 1. The zero-order valence-electron chi connectivity index (χ0n) is 10.1. The fourth-order valence-electron chi connectivity index (χ4n) is 1.69. The highest BCUT2D eigenvalue weighted by Gasteiger charge is 2.09. The Morgan fingerprint density at radius 2 is 2.33 bits per heavy atom. The maximum absolute atomic E-state index is 13.1. The number of benzene rings is 1. The summed E-state index contributed by atoms with van der Waals surface area (Å²) in [4.78, 5) is 4.24. The number of para-hydroxylation sites is 1. The van der Waals surface area contributed by atoms with Crippen LogP contribution in [-0.2, 0) is 6.54 Å². The van der Waals surface area contributed by atoms with E-state index >= 15 is 0 Å². The summed E-state index contributed by atoms with van der Waals surface area (Å²) in [6.07, 6.45) is 1.79. The normalized spacial score (nSPS) is 12.6. The van der Waals surface area contributed by atoms with E-state index in [0.717, 1.165) is 11.6 Å². The summed E-state index contributed by atoms with van der Waals surface area (Å²) < 4.78 is 13.1. The Balaban J connectivity index is 1.87. The molecule has 5 heteroatoms. The van der Waals surface area contributed by atoms with Crippen LogP contribution in [0.15, 0.2) is 29.8 Å². The number of aromatic nitrogens is 1. The maximum atomic E-state index is 13.1. The predicted molar refractivity (Wildman–Crippen MR) is 70.3 cm³/mol. The van der Waals surface area contributed by atoms with Crippen molar-refractivity contribution in [2.75, 3.05) is 6.54 Å². The maximum Gasteiger partial charge on any atom is 0.165 e. The van der Waals surface area contributed by atoms with Crippen LogP contribution in [0.5, 0.6) is 5.75 Å². The molecule has 0 amide bonds. The topological polar surface area (TPSA) is 45.1 Å². The smallest absolute Gasteiger partial charge is 0.165 e. The van der Waals surface area contributed by atoms with Crippen LogP contribution in [-0.4, -0.2) is 16.6 Å². The summed E-state index contributed by atoms with van der Waals surface area (Å²) in [5.41, 5.74) is 0.571. The standard InChI is InChI=1S/C13H15FN2OS/c1-9(13-16-5-6-18-13)7-15-8-10-3-2-4-11(14)12(10)17/h2-6,9,15,17H,7-8H2,1H3. The van der Waals surface area contributed by atoms with Gasteiger partial charge in [-0.15, -0.1) is 11.3 Å². The van der Waals surface area contributed by atoms with Gasteiger partial charge in [0.15, 0.2) is 11.6 Å². The second-order valence-corrected chi connectivity index (χ2v) is 5.08. The monoisotopic (exact) mass is 266 g/mol. The lowest BCUT2D eigenvalue weighted by atomic mass is 10.1. The molecule has 1 aromatic carbocycles. The quantitative estimate of drug-likeness (QED) is 0.874. The van der Waals surface area contributed by atoms with Crippen molar-refractivity contribution in [2.45, 2.75) is 19.4 Å². The van der Waals surface area contributed by atoms with Gasteiger partial charge in [-0.05, 0) is 6.07 Å². The molecule has 96 valence electrons. The molecule has 18 heavy (non-hydrogen) atoms. The molecule has 1 heterocycles. The van der Waals surface area contributed by atoms with E-state index in [1.165, 1.54) is 6.07 Å². The Labute approximate surface area is 109 Å². The third kappa shape index (κ3) is 3.05.